The molecule has 0 spiro atoms. The summed E-state index contributed by atoms with van der Waals surface area (Å²) in [6.45, 7) is 5.75. The first-order valence-corrected chi connectivity index (χ1v) is 12.1. The van der Waals surface area contributed by atoms with Gasteiger partial charge in [0, 0.05) is 29.4 Å². The normalized spacial score (nSPS) is 14.7. The Morgan fingerprint density at radius 3 is 2.70 bits per heavy atom. The summed E-state index contributed by atoms with van der Waals surface area (Å²) < 4.78 is 1.42. The Morgan fingerprint density at radius 1 is 1.15 bits per heavy atom. The van der Waals surface area contributed by atoms with Crippen LogP contribution in [0.3, 0.4) is 0 Å². The molecule has 1 amide bonds. The van der Waals surface area contributed by atoms with Crippen molar-refractivity contribution >= 4 is 33.8 Å². The largest absolute Gasteiger partial charge is 0.355 e. The molecule has 0 aliphatic carbocycles. The number of aryl methyl sites for hydroxylation is 2. The third-order valence-corrected chi connectivity index (χ3v) is 6.92. The number of carbonyl (C=O) groups is 1. The van der Waals surface area contributed by atoms with E-state index in [-0.39, 0.29) is 11.8 Å². The Morgan fingerprint density at radius 2 is 1.94 bits per heavy atom. The number of hydrogen-bond donors (Lipinski definition) is 1. The number of aromatic nitrogens is 6. The number of hydrogen-bond acceptors (Lipinski definition) is 8. The Bertz CT molecular complexity index is 1260. The fourth-order valence-corrected chi connectivity index (χ4v) is 5.06. The number of rotatable bonds is 6. The van der Waals surface area contributed by atoms with Crippen LogP contribution in [0, 0.1) is 12.8 Å². The van der Waals surface area contributed by atoms with Gasteiger partial charge in [-0.2, -0.15) is 0 Å². The number of tetrazole rings is 1. The molecule has 170 valence electrons. The van der Waals surface area contributed by atoms with Gasteiger partial charge in [0.2, 0.25) is 5.91 Å². The molecule has 1 aliphatic rings. The highest BCUT2D eigenvalue weighted by molar-refractivity contribution is 7.16. The number of amides is 1. The molecular formula is C23H26N8OS. The number of benzene rings is 1. The molecular weight excluding hydrogens is 436 g/mol. The van der Waals surface area contributed by atoms with E-state index in [1.54, 1.807) is 0 Å². The molecule has 1 fully saturated rings. The maximum absolute atomic E-state index is 12.9. The van der Waals surface area contributed by atoms with E-state index in [1.807, 2.05) is 12.1 Å². The smallest absolute Gasteiger partial charge is 0.229 e. The van der Waals surface area contributed by atoms with E-state index in [0.29, 0.717) is 10.8 Å². The lowest BCUT2D eigenvalue weighted by molar-refractivity contribution is -0.120. The number of carbonyl (C=O) groups excluding carboxylic acids is 1. The summed E-state index contributed by atoms with van der Waals surface area (Å²) in [5.41, 5.74) is 3.98. The monoisotopic (exact) mass is 462 g/mol. The van der Waals surface area contributed by atoms with Crippen LogP contribution < -0.4 is 10.2 Å². The summed E-state index contributed by atoms with van der Waals surface area (Å²) in [6, 6.07) is 12.3. The van der Waals surface area contributed by atoms with Gasteiger partial charge in [-0.1, -0.05) is 37.6 Å². The van der Waals surface area contributed by atoms with Gasteiger partial charge in [0.25, 0.3) is 0 Å². The molecule has 0 unspecified atom stereocenters. The third kappa shape index (κ3) is 4.56. The van der Waals surface area contributed by atoms with Gasteiger partial charge in [-0.15, -0.1) is 26.2 Å². The Kier molecular flexibility index (Phi) is 5.99. The van der Waals surface area contributed by atoms with Crippen LogP contribution in [-0.4, -0.2) is 49.2 Å². The van der Waals surface area contributed by atoms with Gasteiger partial charge in [0.1, 0.15) is 0 Å². The number of anilines is 2. The van der Waals surface area contributed by atoms with E-state index in [4.69, 9.17) is 4.98 Å². The first kappa shape index (κ1) is 21.4. The van der Waals surface area contributed by atoms with Crippen LogP contribution in [-0.2, 0) is 11.2 Å². The van der Waals surface area contributed by atoms with Crippen molar-refractivity contribution < 1.29 is 4.79 Å². The predicted octanol–water partition coefficient (Wildman–Crippen LogP) is 3.76. The van der Waals surface area contributed by atoms with Crippen molar-refractivity contribution in [2.24, 2.45) is 5.92 Å². The van der Waals surface area contributed by atoms with Crippen LogP contribution in [0.2, 0.25) is 0 Å². The van der Waals surface area contributed by atoms with Crippen molar-refractivity contribution in [2.75, 3.05) is 23.3 Å². The topological polar surface area (TPSA) is 101 Å². The lowest BCUT2D eigenvalue weighted by atomic mass is 9.96. The van der Waals surface area contributed by atoms with Crippen molar-refractivity contribution in [3.8, 4) is 11.3 Å². The minimum atomic E-state index is -0.0426. The zero-order valence-corrected chi connectivity index (χ0v) is 19.5. The Hall–Kier alpha value is -3.40. The Balaban J connectivity index is 1.20. The molecule has 33 heavy (non-hydrogen) atoms. The average Bonchev–Trinajstić information content (AvgIpc) is 3.45. The van der Waals surface area contributed by atoms with Crippen molar-refractivity contribution in [1.82, 2.24) is 30.2 Å². The highest BCUT2D eigenvalue weighted by Gasteiger charge is 2.27. The van der Waals surface area contributed by atoms with Gasteiger partial charge in [0.05, 0.1) is 5.69 Å². The molecule has 10 heteroatoms. The van der Waals surface area contributed by atoms with Crippen molar-refractivity contribution in [2.45, 2.75) is 39.5 Å². The van der Waals surface area contributed by atoms with Crippen molar-refractivity contribution in [3.63, 3.8) is 0 Å². The summed E-state index contributed by atoms with van der Waals surface area (Å²) >= 11 is 1.53. The summed E-state index contributed by atoms with van der Waals surface area (Å²) in [6.07, 6.45) is 3.74. The first-order chi connectivity index (χ1) is 16.1. The lowest BCUT2D eigenvalue weighted by Crippen LogP contribution is -2.38. The minimum Gasteiger partial charge on any atom is -0.355 e. The second kappa shape index (κ2) is 9.22. The molecule has 0 atom stereocenters. The average molecular weight is 463 g/mol. The number of nitrogens with zero attached hydrogens (tertiary/aromatic N) is 7. The summed E-state index contributed by atoms with van der Waals surface area (Å²) in [5.74, 6) is 0.815. The van der Waals surface area contributed by atoms with Gasteiger partial charge < -0.3 is 10.2 Å². The molecule has 1 N–H and O–H groups in total. The number of nitrogens with one attached hydrogen (secondary N) is 1. The fourth-order valence-electron chi connectivity index (χ4n) is 4.22. The van der Waals surface area contributed by atoms with Gasteiger partial charge in [-0.3, -0.25) is 4.79 Å². The molecule has 9 nitrogen and oxygen atoms in total. The molecule has 0 bridgehead atoms. The molecule has 4 heterocycles. The molecule has 3 aromatic heterocycles. The third-order valence-electron chi connectivity index (χ3n) is 6.04. The van der Waals surface area contributed by atoms with Gasteiger partial charge in [-0.05, 0) is 54.3 Å². The lowest BCUT2D eigenvalue weighted by Gasteiger charge is -2.31. The quantitative estimate of drug-likeness (QED) is 0.465. The molecule has 1 aliphatic heterocycles. The van der Waals surface area contributed by atoms with Gasteiger partial charge in [0.15, 0.2) is 16.6 Å². The summed E-state index contributed by atoms with van der Waals surface area (Å²) in [5, 5.41) is 19.5. The highest BCUT2D eigenvalue weighted by atomic mass is 32.1. The number of piperidine rings is 1. The van der Waals surface area contributed by atoms with Crippen LogP contribution >= 0.6 is 11.3 Å². The van der Waals surface area contributed by atoms with Crippen LogP contribution in [0.1, 0.15) is 36.6 Å². The highest BCUT2D eigenvalue weighted by Crippen LogP contribution is 2.31. The van der Waals surface area contributed by atoms with E-state index in [1.165, 1.54) is 21.5 Å². The molecule has 0 saturated carbocycles. The predicted molar refractivity (Wildman–Crippen MR) is 128 cm³/mol. The zero-order valence-electron chi connectivity index (χ0n) is 18.7. The molecule has 4 aromatic rings. The Labute approximate surface area is 195 Å². The minimum absolute atomic E-state index is 0.0390. The second-order valence-corrected chi connectivity index (χ2v) is 9.54. The van der Waals surface area contributed by atoms with E-state index >= 15 is 0 Å². The van der Waals surface area contributed by atoms with Crippen LogP contribution in [0.25, 0.3) is 16.9 Å². The van der Waals surface area contributed by atoms with Crippen LogP contribution in [0.15, 0.2) is 36.4 Å². The molecule has 0 radical (unpaired) electrons. The maximum atomic E-state index is 12.9. The van der Waals surface area contributed by atoms with Gasteiger partial charge >= 0.3 is 0 Å². The number of fused-ring (bicyclic) bond motifs is 1. The molecule has 1 saturated heterocycles. The van der Waals surface area contributed by atoms with Crippen LogP contribution in [0.5, 0.6) is 0 Å². The summed E-state index contributed by atoms with van der Waals surface area (Å²) in [7, 11) is 0. The molecule has 5 rings (SSSR count). The zero-order chi connectivity index (χ0) is 22.8. The van der Waals surface area contributed by atoms with Crippen molar-refractivity contribution in [1.29, 1.82) is 0 Å². The van der Waals surface area contributed by atoms with Crippen LogP contribution in [0.4, 0.5) is 10.9 Å². The van der Waals surface area contributed by atoms with Gasteiger partial charge in [-0.25, -0.2) is 4.98 Å². The van der Waals surface area contributed by atoms with E-state index < -0.39 is 0 Å². The number of thiazole rings is 1. The molecule has 1 aromatic carbocycles. The summed E-state index contributed by atoms with van der Waals surface area (Å²) in [4.78, 5) is 20.9. The first-order valence-electron chi connectivity index (χ1n) is 11.3. The second-order valence-electron chi connectivity index (χ2n) is 8.34. The van der Waals surface area contributed by atoms with E-state index in [2.05, 4.69) is 69.0 Å². The fraction of sp³-hybridized carbons (Fsp3) is 0.391. The maximum Gasteiger partial charge on any atom is 0.229 e. The standard InChI is InChI=1S/C23H26N8OS/c1-3-4-16-5-7-17(8-6-16)21-15(2)33-23(24-21)25-22(32)18-11-13-30(14-12-18)20-10-9-19-26-28-29-31(19)27-20/h5-10,18H,3-4,11-14H2,1-2H3,(H,24,25,32). The van der Waals surface area contributed by atoms with Crippen molar-refractivity contribution in [3.05, 3.63) is 46.8 Å². The van der Waals surface area contributed by atoms with E-state index in [9.17, 15) is 4.79 Å². The SMILES string of the molecule is CCCc1ccc(-c2nc(NC(=O)C3CCN(c4ccc5nnnn5n4)CC3)sc2C)cc1. The van der Waals surface area contributed by atoms with E-state index in [0.717, 1.165) is 60.7 Å².